The lowest BCUT2D eigenvalue weighted by Gasteiger charge is -2.06. The Morgan fingerprint density at radius 1 is 0.529 bits per heavy atom. The zero-order valence-corrected chi connectivity index (χ0v) is 22.9. The molecule has 0 radical (unpaired) electrons. The molecule has 34 heavy (non-hydrogen) atoms. The van der Waals surface area contributed by atoms with Gasteiger partial charge < -0.3 is 4.74 Å². The molecule has 0 saturated carbocycles. The molecule has 0 aliphatic heterocycles. The minimum Gasteiger partial charge on any atom is -0.466 e. The topological polar surface area (TPSA) is 26.3 Å². The van der Waals surface area contributed by atoms with Gasteiger partial charge in [-0.25, -0.2) is 0 Å². The Kier molecular flexibility index (Phi) is 20.3. The molecule has 0 rings (SSSR count). The van der Waals surface area contributed by atoms with Gasteiger partial charge >= 0.3 is 5.97 Å². The molecule has 0 spiro atoms. The van der Waals surface area contributed by atoms with Gasteiger partial charge in [-0.2, -0.15) is 0 Å². The average molecular weight is 488 g/mol. The summed E-state index contributed by atoms with van der Waals surface area (Å²) in [5.41, 5.74) is 0. The van der Waals surface area contributed by atoms with E-state index in [4.69, 9.17) is 14.3 Å². The minimum absolute atomic E-state index is 0.0648. The molecule has 204 valence electrons. The standard InChI is InChI=1S/C32H64O2/c1-3-5-7-9-11-13-15-17-19-21-23-25-27-29-31-34-32(33)30-28-26-24-22-20-18-16-14-12-10-8-6-4-2/h3-31H2,1-2H3/i2D3,29D2,31D2. The quantitative estimate of drug-likeness (QED) is 0.0774. The molecule has 0 bridgehead atoms. The lowest BCUT2D eigenvalue weighted by molar-refractivity contribution is -0.143. The van der Waals surface area contributed by atoms with Crippen molar-refractivity contribution in [3.63, 3.8) is 0 Å². The molecule has 0 amide bonds. The predicted molar refractivity (Wildman–Crippen MR) is 152 cm³/mol. The number of hydrogen-bond acceptors (Lipinski definition) is 2. The average Bonchev–Trinajstić information content (AvgIpc) is 2.88. The molecular formula is C32H64O2. The molecule has 0 aliphatic carbocycles. The number of carbonyl (C=O) groups excluding carboxylic acids is 1. The van der Waals surface area contributed by atoms with Gasteiger partial charge in [0, 0.05) is 13.3 Å². The van der Waals surface area contributed by atoms with Crippen molar-refractivity contribution in [1.29, 1.82) is 0 Å². The fourth-order valence-electron chi connectivity index (χ4n) is 4.41. The van der Waals surface area contributed by atoms with Crippen LogP contribution in [0.15, 0.2) is 0 Å². The van der Waals surface area contributed by atoms with Crippen molar-refractivity contribution in [3.05, 3.63) is 0 Å². The zero-order chi connectivity index (χ0) is 30.9. The van der Waals surface area contributed by atoms with Crippen LogP contribution in [0.3, 0.4) is 0 Å². The van der Waals surface area contributed by atoms with E-state index in [2.05, 4.69) is 6.92 Å². The molecule has 0 fully saturated rings. The molecule has 2 nitrogen and oxygen atoms in total. The number of ether oxygens (including phenoxy) is 1. The number of hydrogen-bond donors (Lipinski definition) is 0. The first-order valence-electron chi connectivity index (χ1n) is 18.6. The summed E-state index contributed by atoms with van der Waals surface area (Å²) in [5, 5.41) is 0. The smallest absolute Gasteiger partial charge is 0.305 e. The Balaban J connectivity index is 3.71. The highest BCUT2D eigenvalue weighted by Gasteiger charge is 2.02. The summed E-state index contributed by atoms with van der Waals surface area (Å²) in [6, 6.07) is 0. The summed E-state index contributed by atoms with van der Waals surface area (Å²) in [5.74, 6) is -0.646. The van der Waals surface area contributed by atoms with Gasteiger partial charge in [0.2, 0.25) is 0 Å². The maximum absolute atomic E-state index is 12.2. The zero-order valence-electron chi connectivity index (χ0n) is 29.9. The SMILES string of the molecule is [2H]C([2H])([2H])CCCCCCCCCCCCCCC(=O)OC([2H])([2H])C([2H])([2H])CCCCCCCCCCCCCC. The first kappa shape index (κ1) is 22.7. The van der Waals surface area contributed by atoms with Crippen molar-refractivity contribution in [2.45, 2.75) is 194 Å². The van der Waals surface area contributed by atoms with E-state index in [1.54, 1.807) is 0 Å². The Bertz CT molecular complexity index is 609. The summed E-state index contributed by atoms with van der Waals surface area (Å²) in [6.07, 6.45) is 25.0. The summed E-state index contributed by atoms with van der Waals surface area (Å²) in [4.78, 5) is 12.2. The Morgan fingerprint density at radius 3 is 1.29 bits per heavy atom. The first-order chi connectivity index (χ1) is 19.4. The Hall–Kier alpha value is -0.530. The van der Waals surface area contributed by atoms with Crippen LogP contribution >= 0.6 is 0 Å². The van der Waals surface area contributed by atoms with E-state index < -0.39 is 25.8 Å². The molecule has 2 heteroatoms. The second-order valence-electron chi connectivity index (χ2n) is 10.1. The van der Waals surface area contributed by atoms with E-state index >= 15 is 0 Å². The number of unbranched alkanes of at least 4 members (excludes halogenated alkanes) is 22. The first-order valence-corrected chi connectivity index (χ1v) is 15.1. The van der Waals surface area contributed by atoms with Crippen LogP contribution in [-0.4, -0.2) is 12.5 Å². The Morgan fingerprint density at radius 2 is 0.882 bits per heavy atom. The third kappa shape index (κ3) is 29.5. The highest BCUT2D eigenvalue weighted by molar-refractivity contribution is 5.69. The van der Waals surface area contributed by atoms with Crippen LogP contribution in [-0.2, 0) is 9.53 Å². The van der Waals surface area contributed by atoms with Crippen LogP contribution < -0.4 is 0 Å². The van der Waals surface area contributed by atoms with Crippen molar-refractivity contribution in [2.24, 2.45) is 0 Å². The summed E-state index contributed by atoms with van der Waals surface area (Å²) in [7, 11) is 0. The highest BCUT2D eigenvalue weighted by atomic mass is 16.5. The molecule has 0 aromatic rings. The van der Waals surface area contributed by atoms with Crippen LogP contribution in [0.5, 0.6) is 0 Å². The summed E-state index contributed by atoms with van der Waals surface area (Å²) >= 11 is 0. The van der Waals surface area contributed by atoms with Gasteiger partial charge in [-0.15, -0.1) is 0 Å². The second-order valence-corrected chi connectivity index (χ2v) is 10.1. The van der Waals surface area contributed by atoms with Gasteiger partial charge in [0.05, 0.1) is 9.30 Å². The van der Waals surface area contributed by atoms with Crippen LogP contribution in [0.25, 0.3) is 0 Å². The fraction of sp³-hybridized carbons (Fsp3) is 0.969. The van der Waals surface area contributed by atoms with Gasteiger partial charge in [0.15, 0.2) is 0 Å². The van der Waals surface area contributed by atoms with Gasteiger partial charge in [-0.05, 0) is 12.8 Å². The van der Waals surface area contributed by atoms with E-state index in [1.807, 2.05) is 0 Å². The van der Waals surface area contributed by atoms with Crippen molar-refractivity contribution in [3.8, 4) is 0 Å². The molecule has 0 aromatic carbocycles. The lowest BCUT2D eigenvalue weighted by atomic mass is 10.0. The largest absolute Gasteiger partial charge is 0.466 e. The predicted octanol–water partition coefficient (Wildman–Crippen LogP) is 11.5. The number of esters is 1. The highest BCUT2D eigenvalue weighted by Crippen LogP contribution is 2.14. The molecule has 0 N–H and O–H groups in total. The van der Waals surface area contributed by atoms with Crippen LogP contribution in [0, 0.1) is 0 Å². The van der Waals surface area contributed by atoms with Crippen molar-refractivity contribution in [2.75, 3.05) is 6.56 Å². The molecule has 0 saturated heterocycles. The van der Waals surface area contributed by atoms with Crippen LogP contribution in [0.1, 0.15) is 203 Å². The van der Waals surface area contributed by atoms with E-state index in [9.17, 15) is 4.79 Å². The van der Waals surface area contributed by atoms with E-state index in [1.165, 1.54) is 83.5 Å². The molecule has 0 heterocycles. The molecule has 0 aliphatic rings. The normalized spacial score (nSPS) is 15.5. The number of carbonyl (C=O) groups is 1. The molecule has 0 atom stereocenters. The van der Waals surface area contributed by atoms with E-state index in [-0.39, 0.29) is 12.8 Å². The van der Waals surface area contributed by atoms with Gasteiger partial charge in [-0.3, -0.25) is 4.79 Å². The van der Waals surface area contributed by atoms with Gasteiger partial charge in [0.25, 0.3) is 0 Å². The molecule has 0 aromatic heterocycles. The summed E-state index contributed by atoms with van der Waals surface area (Å²) < 4.78 is 59.0. The van der Waals surface area contributed by atoms with Crippen molar-refractivity contribution >= 4 is 5.97 Å². The summed E-state index contributed by atoms with van der Waals surface area (Å²) in [6.45, 7) is -2.15. The Labute approximate surface area is 225 Å². The fourth-order valence-corrected chi connectivity index (χ4v) is 4.41. The van der Waals surface area contributed by atoms with E-state index in [0.29, 0.717) is 19.3 Å². The third-order valence-electron chi connectivity index (χ3n) is 6.70. The van der Waals surface area contributed by atoms with Crippen LogP contribution in [0.4, 0.5) is 0 Å². The maximum Gasteiger partial charge on any atom is 0.305 e. The van der Waals surface area contributed by atoms with E-state index in [0.717, 1.165) is 57.8 Å². The van der Waals surface area contributed by atoms with Crippen molar-refractivity contribution < 1.29 is 19.1 Å². The van der Waals surface area contributed by atoms with Gasteiger partial charge in [0.1, 0.15) is 0 Å². The molecular weight excluding hydrogens is 416 g/mol. The lowest BCUT2D eigenvalue weighted by Crippen LogP contribution is -2.05. The monoisotopic (exact) mass is 488 g/mol. The van der Waals surface area contributed by atoms with Crippen LogP contribution in [0.2, 0.25) is 0 Å². The third-order valence-corrected chi connectivity index (χ3v) is 6.70. The number of rotatable bonds is 29. The van der Waals surface area contributed by atoms with Crippen molar-refractivity contribution in [1.82, 2.24) is 0 Å². The van der Waals surface area contributed by atoms with Gasteiger partial charge in [-0.1, -0.05) is 174 Å². The molecule has 0 unspecified atom stereocenters. The second kappa shape index (κ2) is 30.5. The maximum atomic E-state index is 12.2. The minimum atomic E-state index is -2.60.